The van der Waals surface area contributed by atoms with Gasteiger partial charge in [-0.2, -0.15) is 4.99 Å². The van der Waals surface area contributed by atoms with Crippen molar-refractivity contribution in [2.45, 2.75) is 44.3 Å². The van der Waals surface area contributed by atoms with Gasteiger partial charge in [-0.05, 0) is 19.3 Å². The molecule has 1 aliphatic heterocycles. The van der Waals surface area contributed by atoms with Crippen LogP contribution in [0.25, 0.3) is 0 Å². The Labute approximate surface area is 95.1 Å². The lowest BCUT2D eigenvalue weighted by Gasteiger charge is -2.02. The zero-order valence-corrected chi connectivity index (χ0v) is 9.92. The van der Waals surface area contributed by atoms with Gasteiger partial charge in [-0.1, -0.05) is 31.5 Å². The van der Waals surface area contributed by atoms with Gasteiger partial charge in [0.1, 0.15) is 0 Å². The smallest absolute Gasteiger partial charge is 0.251 e. The molecule has 1 amide bonds. The summed E-state index contributed by atoms with van der Waals surface area (Å²) < 4.78 is 0. The van der Waals surface area contributed by atoms with Crippen molar-refractivity contribution in [1.29, 1.82) is 0 Å². The van der Waals surface area contributed by atoms with Gasteiger partial charge in [0, 0.05) is 11.2 Å². The van der Waals surface area contributed by atoms with Crippen molar-refractivity contribution < 1.29 is 4.79 Å². The maximum Gasteiger partial charge on any atom is 0.251 e. The number of carbonyl (C=O) groups is 1. The summed E-state index contributed by atoms with van der Waals surface area (Å²) >= 11 is 1.66. The summed E-state index contributed by atoms with van der Waals surface area (Å²) in [6.45, 7) is 2.98. The van der Waals surface area contributed by atoms with Gasteiger partial charge in [0.15, 0.2) is 5.17 Å². The minimum absolute atomic E-state index is 0.0653. The predicted molar refractivity (Wildman–Crippen MR) is 63.1 cm³/mol. The number of rotatable bonds is 2. The Hall–Kier alpha value is -0.510. The molecule has 0 spiro atoms. The monoisotopic (exact) mass is 225 g/mol. The third kappa shape index (κ3) is 2.74. The van der Waals surface area contributed by atoms with Crippen LogP contribution in [0, 0.1) is 5.92 Å². The first-order chi connectivity index (χ1) is 7.29. The van der Waals surface area contributed by atoms with Crippen LogP contribution in [0.3, 0.4) is 0 Å². The van der Waals surface area contributed by atoms with Gasteiger partial charge in [0.2, 0.25) is 0 Å². The lowest BCUT2D eigenvalue weighted by molar-refractivity contribution is -0.121. The van der Waals surface area contributed by atoms with Crippen LogP contribution in [0.4, 0.5) is 0 Å². The molecule has 0 aromatic heterocycles. The first kappa shape index (κ1) is 11.0. The van der Waals surface area contributed by atoms with E-state index < -0.39 is 0 Å². The first-order valence-electron chi connectivity index (χ1n) is 5.76. The average Bonchev–Trinajstić information content (AvgIpc) is 2.87. The molecular weight excluding hydrogens is 208 g/mol. The SMILES string of the molecule is CCC1C[N]C(=NC(=O)C2CCCC2)S1. The van der Waals surface area contributed by atoms with E-state index >= 15 is 0 Å². The number of thioether (sulfide) groups is 1. The lowest BCUT2D eigenvalue weighted by atomic mass is 10.1. The number of hydrogen-bond donors (Lipinski definition) is 0. The molecule has 83 valence electrons. The minimum atomic E-state index is 0.0653. The Balaban J connectivity index is 1.89. The van der Waals surface area contributed by atoms with Crippen molar-refractivity contribution in [2.24, 2.45) is 10.9 Å². The summed E-state index contributed by atoms with van der Waals surface area (Å²) in [5.41, 5.74) is 0. The number of carbonyl (C=O) groups excluding carboxylic acids is 1. The minimum Gasteiger partial charge on any atom is -0.272 e. The van der Waals surface area contributed by atoms with E-state index in [2.05, 4.69) is 17.2 Å². The van der Waals surface area contributed by atoms with Crippen LogP contribution in [-0.2, 0) is 4.79 Å². The summed E-state index contributed by atoms with van der Waals surface area (Å²) in [7, 11) is 0. The van der Waals surface area contributed by atoms with Crippen LogP contribution < -0.4 is 5.32 Å². The van der Waals surface area contributed by atoms with Crippen LogP contribution in [0.5, 0.6) is 0 Å². The summed E-state index contributed by atoms with van der Waals surface area (Å²) in [5.74, 6) is 0.254. The van der Waals surface area contributed by atoms with Gasteiger partial charge in [-0.15, -0.1) is 0 Å². The quantitative estimate of drug-likeness (QED) is 0.723. The maximum atomic E-state index is 11.7. The highest BCUT2D eigenvalue weighted by molar-refractivity contribution is 8.14. The van der Waals surface area contributed by atoms with E-state index in [-0.39, 0.29) is 11.8 Å². The molecule has 15 heavy (non-hydrogen) atoms. The first-order valence-corrected chi connectivity index (χ1v) is 6.64. The molecule has 0 aromatic carbocycles. The number of aliphatic imine (C=N–C) groups is 1. The highest BCUT2D eigenvalue weighted by Gasteiger charge is 2.26. The molecule has 2 aliphatic rings. The molecule has 1 aliphatic carbocycles. The molecule has 3 nitrogen and oxygen atoms in total. The molecule has 1 unspecified atom stereocenters. The van der Waals surface area contributed by atoms with Gasteiger partial charge in [-0.25, -0.2) is 0 Å². The molecular formula is C11H17N2OS. The summed E-state index contributed by atoms with van der Waals surface area (Å²) in [4.78, 5) is 15.9. The average molecular weight is 225 g/mol. The van der Waals surface area contributed by atoms with E-state index in [9.17, 15) is 4.79 Å². The van der Waals surface area contributed by atoms with Gasteiger partial charge >= 0.3 is 0 Å². The fraction of sp³-hybridized carbons (Fsp3) is 0.818. The largest absolute Gasteiger partial charge is 0.272 e. The number of amidine groups is 1. The molecule has 0 N–H and O–H groups in total. The normalized spacial score (nSPS) is 29.7. The van der Waals surface area contributed by atoms with E-state index in [1.54, 1.807) is 11.8 Å². The van der Waals surface area contributed by atoms with Crippen molar-refractivity contribution in [3.05, 3.63) is 0 Å². The van der Waals surface area contributed by atoms with Crippen LogP contribution in [0.1, 0.15) is 39.0 Å². The Kier molecular flexibility index (Phi) is 3.67. The van der Waals surface area contributed by atoms with Crippen LogP contribution in [0.15, 0.2) is 4.99 Å². The fourth-order valence-corrected chi connectivity index (χ4v) is 2.94. The topological polar surface area (TPSA) is 43.5 Å². The summed E-state index contributed by atoms with van der Waals surface area (Å²) in [6.07, 6.45) is 5.52. The van der Waals surface area contributed by atoms with Crippen LogP contribution in [0.2, 0.25) is 0 Å². The zero-order chi connectivity index (χ0) is 10.7. The second-order valence-corrected chi connectivity index (χ2v) is 5.47. The van der Waals surface area contributed by atoms with E-state index in [1.165, 1.54) is 12.8 Å². The molecule has 1 saturated carbocycles. The number of hydrogen-bond acceptors (Lipinski definition) is 2. The van der Waals surface area contributed by atoms with Crippen molar-refractivity contribution in [3.63, 3.8) is 0 Å². The predicted octanol–water partition coefficient (Wildman–Crippen LogP) is 2.19. The molecule has 0 aromatic rings. The number of amides is 1. The molecule has 4 heteroatoms. The number of nitrogens with zero attached hydrogens (tertiary/aromatic N) is 2. The fourth-order valence-electron chi connectivity index (χ4n) is 2.04. The highest BCUT2D eigenvalue weighted by atomic mass is 32.2. The third-order valence-electron chi connectivity index (χ3n) is 3.07. The second-order valence-electron chi connectivity index (χ2n) is 4.20. The Bertz CT molecular complexity index is 272. The van der Waals surface area contributed by atoms with Crippen LogP contribution >= 0.6 is 11.8 Å². The van der Waals surface area contributed by atoms with Crippen molar-refractivity contribution in [2.75, 3.05) is 6.54 Å². The lowest BCUT2D eigenvalue weighted by Crippen LogP contribution is -2.13. The van der Waals surface area contributed by atoms with Crippen molar-refractivity contribution in [3.8, 4) is 0 Å². The maximum absolute atomic E-state index is 11.7. The van der Waals surface area contributed by atoms with E-state index in [4.69, 9.17) is 0 Å². The Morgan fingerprint density at radius 3 is 2.87 bits per heavy atom. The Morgan fingerprint density at radius 2 is 2.27 bits per heavy atom. The molecule has 1 atom stereocenters. The van der Waals surface area contributed by atoms with Gasteiger partial charge in [-0.3, -0.25) is 10.1 Å². The Morgan fingerprint density at radius 1 is 1.53 bits per heavy atom. The summed E-state index contributed by atoms with van der Waals surface area (Å²) in [6, 6.07) is 0. The van der Waals surface area contributed by atoms with Crippen molar-refractivity contribution in [1.82, 2.24) is 5.32 Å². The molecule has 1 radical (unpaired) electrons. The van der Waals surface area contributed by atoms with Crippen LogP contribution in [-0.4, -0.2) is 22.9 Å². The molecule has 2 rings (SSSR count). The van der Waals surface area contributed by atoms with E-state index in [0.717, 1.165) is 31.0 Å². The van der Waals surface area contributed by atoms with Gasteiger partial charge in [0.25, 0.3) is 5.91 Å². The van der Waals surface area contributed by atoms with Gasteiger partial charge in [0.05, 0.1) is 6.54 Å². The second kappa shape index (κ2) is 5.01. The zero-order valence-electron chi connectivity index (χ0n) is 9.11. The van der Waals surface area contributed by atoms with E-state index in [1.807, 2.05) is 0 Å². The van der Waals surface area contributed by atoms with Gasteiger partial charge < -0.3 is 0 Å². The van der Waals surface area contributed by atoms with E-state index in [0.29, 0.717) is 5.25 Å². The molecule has 0 bridgehead atoms. The molecule has 1 heterocycles. The molecule has 2 fully saturated rings. The van der Waals surface area contributed by atoms with Crippen molar-refractivity contribution >= 4 is 22.8 Å². The summed E-state index contributed by atoms with van der Waals surface area (Å²) in [5, 5.41) is 5.55. The molecule has 1 saturated heterocycles. The standard InChI is InChI=1S/C11H17N2OS/c1-2-9-7-12-11(15-9)13-10(14)8-5-3-4-6-8/h8-9H,2-7H2,1H3. The third-order valence-corrected chi connectivity index (χ3v) is 4.31. The highest BCUT2D eigenvalue weighted by Crippen LogP contribution is 2.27.